The van der Waals surface area contributed by atoms with Gasteiger partial charge in [-0.3, -0.25) is 4.98 Å². The van der Waals surface area contributed by atoms with Crippen molar-refractivity contribution in [1.29, 1.82) is 0 Å². The van der Waals surface area contributed by atoms with Crippen molar-refractivity contribution in [2.45, 2.75) is 24.6 Å². The van der Waals surface area contributed by atoms with Gasteiger partial charge in [0.2, 0.25) is 0 Å². The van der Waals surface area contributed by atoms with Crippen molar-refractivity contribution in [1.82, 2.24) is 4.98 Å². The molecule has 13 heavy (non-hydrogen) atoms. The summed E-state index contributed by atoms with van der Waals surface area (Å²) >= 11 is 2.04. The lowest BCUT2D eigenvalue weighted by atomic mass is 10.2. The van der Waals surface area contributed by atoms with Crippen LogP contribution in [0.15, 0.2) is 24.5 Å². The predicted molar refractivity (Wildman–Crippen MR) is 58.2 cm³/mol. The molecule has 0 spiro atoms. The van der Waals surface area contributed by atoms with E-state index in [2.05, 4.69) is 23.3 Å². The molecule has 0 radical (unpaired) electrons. The lowest BCUT2D eigenvalue weighted by Crippen LogP contribution is -2.18. The maximum atomic E-state index is 4.08. The molecule has 2 nitrogen and oxygen atoms in total. The molecule has 0 amide bonds. The Morgan fingerprint density at radius 2 is 2.54 bits per heavy atom. The molecule has 1 fully saturated rings. The zero-order valence-corrected chi connectivity index (χ0v) is 8.55. The highest BCUT2D eigenvalue weighted by molar-refractivity contribution is 8.00. The summed E-state index contributed by atoms with van der Waals surface area (Å²) in [6.07, 6.45) is 4.95. The fraction of sp³-hybridized carbons (Fsp3) is 0.500. The van der Waals surface area contributed by atoms with Crippen LogP contribution in [0.4, 0.5) is 5.69 Å². The van der Waals surface area contributed by atoms with Crippen molar-refractivity contribution < 1.29 is 0 Å². The topological polar surface area (TPSA) is 24.9 Å². The van der Waals surface area contributed by atoms with Crippen molar-refractivity contribution in [3.05, 3.63) is 24.5 Å². The third-order valence-electron chi connectivity index (χ3n) is 2.23. The van der Waals surface area contributed by atoms with Gasteiger partial charge in [-0.05, 0) is 18.6 Å². The highest BCUT2D eigenvalue weighted by atomic mass is 32.2. The van der Waals surface area contributed by atoms with E-state index in [1.54, 1.807) is 6.20 Å². The van der Waals surface area contributed by atoms with Crippen molar-refractivity contribution >= 4 is 17.4 Å². The molecule has 1 aliphatic heterocycles. The van der Waals surface area contributed by atoms with E-state index in [0.717, 1.165) is 10.9 Å². The summed E-state index contributed by atoms with van der Waals surface area (Å²) < 4.78 is 0. The molecule has 0 aliphatic carbocycles. The highest BCUT2D eigenvalue weighted by Gasteiger charge is 2.21. The first-order chi connectivity index (χ1) is 6.34. The Morgan fingerprint density at radius 3 is 3.15 bits per heavy atom. The Hall–Kier alpha value is -0.700. The van der Waals surface area contributed by atoms with E-state index in [9.17, 15) is 0 Å². The van der Waals surface area contributed by atoms with E-state index in [0.29, 0.717) is 6.04 Å². The second-order valence-electron chi connectivity index (χ2n) is 3.46. The molecule has 2 rings (SSSR count). The lowest BCUT2D eigenvalue weighted by molar-refractivity contribution is 0.746. The van der Waals surface area contributed by atoms with E-state index in [1.807, 2.05) is 24.0 Å². The highest BCUT2D eigenvalue weighted by Crippen LogP contribution is 2.27. The zero-order chi connectivity index (χ0) is 9.10. The Kier molecular flexibility index (Phi) is 2.74. The maximum Gasteiger partial charge on any atom is 0.0529 e. The minimum Gasteiger partial charge on any atom is -0.380 e. The fourth-order valence-corrected chi connectivity index (χ4v) is 2.75. The summed E-state index contributed by atoms with van der Waals surface area (Å²) in [7, 11) is 0. The van der Waals surface area contributed by atoms with E-state index >= 15 is 0 Å². The van der Waals surface area contributed by atoms with Gasteiger partial charge >= 0.3 is 0 Å². The van der Waals surface area contributed by atoms with Gasteiger partial charge in [0, 0.05) is 29.4 Å². The number of aromatic nitrogens is 1. The normalized spacial score (nSPS) is 27.5. The van der Waals surface area contributed by atoms with Crippen molar-refractivity contribution in [2.24, 2.45) is 0 Å². The van der Waals surface area contributed by atoms with Gasteiger partial charge in [0.25, 0.3) is 0 Å². The Morgan fingerprint density at radius 1 is 1.62 bits per heavy atom. The van der Waals surface area contributed by atoms with Crippen LogP contribution in [-0.2, 0) is 0 Å². The summed E-state index contributed by atoms with van der Waals surface area (Å²) in [5.41, 5.74) is 1.14. The molecule has 2 heterocycles. The third kappa shape index (κ3) is 2.37. The quantitative estimate of drug-likeness (QED) is 0.782. The van der Waals surface area contributed by atoms with Gasteiger partial charge < -0.3 is 5.32 Å². The summed E-state index contributed by atoms with van der Waals surface area (Å²) in [5, 5.41) is 4.29. The van der Waals surface area contributed by atoms with Gasteiger partial charge in [-0.1, -0.05) is 6.92 Å². The first kappa shape index (κ1) is 8.88. The van der Waals surface area contributed by atoms with Gasteiger partial charge in [0.15, 0.2) is 0 Å². The van der Waals surface area contributed by atoms with Crippen LogP contribution < -0.4 is 5.32 Å². The molecule has 2 unspecified atom stereocenters. The average molecular weight is 194 g/mol. The van der Waals surface area contributed by atoms with Crippen LogP contribution in [0, 0.1) is 0 Å². The number of hydrogen-bond donors (Lipinski definition) is 1. The number of pyridine rings is 1. The molecule has 1 N–H and O–H groups in total. The number of anilines is 1. The molecule has 70 valence electrons. The number of thioether (sulfide) groups is 1. The molecule has 0 aromatic carbocycles. The van der Waals surface area contributed by atoms with Crippen molar-refractivity contribution in [3.63, 3.8) is 0 Å². The van der Waals surface area contributed by atoms with Crippen molar-refractivity contribution in [2.75, 3.05) is 11.1 Å². The molecule has 3 heteroatoms. The second-order valence-corrected chi connectivity index (χ2v) is 4.93. The van der Waals surface area contributed by atoms with Crippen molar-refractivity contribution in [3.8, 4) is 0 Å². The molecule has 2 atom stereocenters. The van der Waals surface area contributed by atoms with E-state index < -0.39 is 0 Å². The maximum absolute atomic E-state index is 4.08. The van der Waals surface area contributed by atoms with Gasteiger partial charge in [-0.25, -0.2) is 0 Å². The Balaban J connectivity index is 1.92. The van der Waals surface area contributed by atoms with Gasteiger partial charge in [-0.15, -0.1) is 0 Å². The molecule has 1 aliphatic rings. The molecule has 0 bridgehead atoms. The molecule has 1 saturated heterocycles. The standard InChI is InChI=1S/C10H14N2S/c1-8-5-10(7-13-8)12-9-3-2-4-11-6-9/h2-4,6,8,10,12H,5,7H2,1H3. The predicted octanol–water partition coefficient (Wildman–Crippen LogP) is 2.39. The first-order valence-electron chi connectivity index (χ1n) is 4.63. The smallest absolute Gasteiger partial charge is 0.0529 e. The fourth-order valence-electron chi connectivity index (χ4n) is 1.60. The molecular weight excluding hydrogens is 180 g/mol. The van der Waals surface area contributed by atoms with E-state index in [1.165, 1.54) is 12.2 Å². The monoisotopic (exact) mass is 194 g/mol. The van der Waals surface area contributed by atoms with E-state index in [-0.39, 0.29) is 0 Å². The number of rotatable bonds is 2. The molecular formula is C10H14N2S. The number of nitrogens with zero attached hydrogens (tertiary/aromatic N) is 1. The summed E-state index contributed by atoms with van der Waals surface area (Å²) in [5.74, 6) is 1.22. The first-order valence-corrected chi connectivity index (χ1v) is 5.67. The Bertz CT molecular complexity index is 263. The van der Waals surface area contributed by atoms with Gasteiger partial charge in [0.05, 0.1) is 5.69 Å². The molecule has 0 saturated carbocycles. The van der Waals surface area contributed by atoms with Crippen LogP contribution in [0.25, 0.3) is 0 Å². The summed E-state index contributed by atoms with van der Waals surface area (Å²) in [6.45, 7) is 2.29. The van der Waals surface area contributed by atoms with Gasteiger partial charge in [0.1, 0.15) is 0 Å². The minimum absolute atomic E-state index is 0.629. The lowest BCUT2D eigenvalue weighted by Gasteiger charge is -2.12. The van der Waals surface area contributed by atoms with Crippen LogP contribution in [0.5, 0.6) is 0 Å². The van der Waals surface area contributed by atoms with Crippen LogP contribution in [-0.4, -0.2) is 22.0 Å². The Labute approximate surface area is 83.1 Å². The van der Waals surface area contributed by atoms with Crippen LogP contribution in [0.3, 0.4) is 0 Å². The average Bonchev–Trinajstić information content (AvgIpc) is 2.53. The number of nitrogens with one attached hydrogen (secondary N) is 1. The molecule has 1 aromatic rings. The largest absolute Gasteiger partial charge is 0.380 e. The second kappa shape index (κ2) is 4.01. The SMILES string of the molecule is CC1CC(Nc2cccnc2)CS1. The summed E-state index contributed by atoms with van der Waals surface area (Å²) in [6, 6.07) is 4.67. The van der Waals surface area contributed by atoms with Crippen LogP contribution >= 0.6 is 11.8 Å². The zero-order valence-electron chi connectivity index (χ0n) is 7.73. The van der Waals surface area contributed by atoms with Crippen LogP contribution in [0.1, 0.15) is 13.3 Å². The van der Waals surface area contributed by atoms with Crippen LogP contribution in [0.2, 0.25) is 0 Å². The number of hydrogen-bond acceptors (Lipinski definition) is 3. The van der Waals surface area contributed by atoms with Gasteiger partial charge in [-0.2, -0.15) is 11.8 Å². The third-order valence-corrected chi connectivity index (χ3v) is 3.59. The van der Waals surface area contributed by atoms with E-state index in [4.69, 9.17) is 0 Å². The summed E-state index contributed by atoms with van der Waals surface area (Å²) in [4.78, 5) is 4.08. The minimum atomic E-state index is 0.629. The molecule has 1 aromatic heterocycles.